The van der Waals surface area contributed by atoms with Crippen LogP contribution in [0.2, 0.25) is 0 Å². The van der Waals surface area contributed by atoms with Crippen molar-refractivity contribution in [2.75, 3.05) is 25.2 Å². The molecular weight excluding hydrogens is 321 g/mol. The van der Waals surface area contributed by atoms with Crippen molar-refractivity contribution in [1.82, 2.24) is 0 Å². The molecule has 0 spiro atoms. The number of rotatable bonds is 3. The third-order valence-corrected chi connectivity index (χ3v) is 3.08. The summed E-state index contributed by atoms with van der Waals surface area (Å²) >= 11 is 2.23. The molecule has 0 aromatic heterocycles. The Balaban J connectivity index is 2.10. The van der Waals surface area contributed by atoms with E-state index in [9.17, 15) is 4.79 Å². The van der Waals surface area contributed by atoms with Crippen LogP contribution in [0.4, 0.5) is 10.5 Å². The predicted octanol–water partition coefficient (Wildman–Crippen LogP) is 2.26. The molecule has 1 saturated heterocycles. The van der Waals surface area contributed by atoms with Crippen LogP contribution in [0.25, 0.3) is 0 Å². The molecule has 0 N–H and O–H groups in total. The Morgan fingerprint density at radius 3 is 2.81 bits per heavy atom. The van der Waals surface area contributed by atoms with Gasteiger partial charge in [-0.25, -0.2) is 4.79 Å². The van der Waals surface area contributed by atoms with Gasteiger partial charge in [-0.05, 0) is 46.9 Å². The fourth-order valence-electron chi connectivity index (χ4n) is 1.63. The second-order valence-corrected chi connectivity index (χ2v) is 4.79. The molecule has 0 radical (unpaired) electrons. The molecule has 1 heterocycles. The van der Waals surface area contributed by atoms with Crippen LogP contribution >= 0.6 is 22.6 Å². The lowest BCUT2D eigenvalue weighted by Crippen LogP contribution is -2.25. The second-order valence-electron chi connectivity index (χ2n) is 3.55. The Hall–Kier alpha value is -0.820. The number of benzene rings is 1. The van der Waals surface area contributed by atoms with Gasteiger partial charge in [-0.2, -0.15) is 0 Å². The SMILES string of the molecule is COC[C@H]1CN(c2ccc(I)cc2)C(=O)O1. The standard InChI is InChI=1S/C11H12INO3/c1-15-7-10-6-13(11(14)16-10)9-4-2-8(12)3-5-9/h2-5,10H,6-7H2,1H3/t10-/m1/s1. The minimum absolute atomic E-state index is 0.170. The molecule has 2 rings (SSSR count). The highest BCUT2D eigenvalue weighted by Gasteiger charge is 2.31. The Labute approximate surface area is 108 Å². The fourth-order valence-corrected chi connectivity index (χ4v) is 1.99. The van der Waals surface area contributed by atoms with Gasteiger partial charge in [-0.1, -0.05) is 0 Å². The minimum Gasteiger partial charge on any atom is -0.441 e. The van der Waals surface area contributed by atoms with E-state index in [0.717, 1.165) is 9.26 Å². The Morgan fingerprint density at radius 1 is 1.50 bits per heavy atom. The highest BCUT2D eigenvalue weighted by atomic mass is 127. The normalized spacial score (nSPS) is 20.0. The summed E-state index contributed by atoms with van der Waals surface area (Å²) in [4.78, 5) is 13.2. The van der Waals surface area contributed by atoms with E-state index in [1.165, 1.54) is 0 Å². The lowest BCUT2D eigenvalue weighted by Gasteiger charge is -2.12. The third kappa shape index (κ3) is 2.46. The van der Waals surface area contributed by atoms with Crippen molar-refractivity contribution in [2.45, 2.75) is 6.10 Å². The van der Waals surface area contributed by atoms with Crippen LogP contribution < -0.4 is 4.90 Å². The van der Waals surface area contributed by atoms with Gasteiger partial charge >= 0.3 is 6.09 Å². The minimum atomic E-state index is -0.303. The fraction of sp³-hybridized carbons (Fsp3) is 0.364. The van der Waals surface area contributed by atoms with Crippen molar-refractivity contribution in [3.05, 3.63) is 27.8 Å². The highest BCUT2D eigenvalue weighted by Crippen LogP contribution is 2.22. The third-order valence-electron chi connectivity index (χ3n) is 2.36. The van der Waals surface area contributed by atoms with Crippen LogP contribution in [-0.4, -0.2) is 32.5 Å². The molecule has 1 atom stereocenters. The van der Waals surface area contributed by atoms with E-state index in [0.29, 0.717) is 13.2 Å². The molecule has 0 unspecified atom stereocenters. The number of hydrogen-bond acceptors (Lipinski definition) is 3. The number of halogens is 1. The molecule has 16 heavy (non-hydrogen) atoms. The van der Waals surface area contributed by atoms with Crippen LogP contribution in [0.15, 0.2) is 24.3 Å². The molecule has 1 aromatic carbocycles. The number of ether oxygens (including phenoxy) is 2. The molecule has 0 aliphatic carbocycles. The van der Waals surface area contributed by atoms with Gasteiger partial charge in [0.15, 0.2) is 0 Å². The van der Waals surface area contributed by atoms with Gasteiger partial charge in [0.1, 0.15) is 6.10 Å². The summed E-state index contributed by atoms with van der Waals surface area (Å²) in [5.74, 6) is 0. The summed E-state index contributed by atoms with van der Waals surface area (Å²) in [6.07, 6.45) is -0.472. The highest BCUT2D eigenvalue weighted by molar-refractivity contribution is 14.1. The number of cyclic esters (lactones) is 1. The second kappa shape index (κ2) is 5.01. The summed E-state index contributed by atoms with van der Waals surface area (Å²) in [6.45, 7) is 0.986. The maximum Gasteiger partial charge on any atom is 0.414 e. The summed E-state index contributed by atoms with van der Waals surface area (Å²) in [5.41, 5.74) is 0.865. The largest absolute Gasteiger partial charge is 0.441 e. The molecule has 0 bridgehead atoms. The van der Waals surface area contributed by atoms with Gasteiger partial charge in [-0.3, -0.25) is 4.90 Å². The van der Waals surface area contributed by atoms with Gasteiger partial charge < -0.3 is 9.47 Å². The first-order chi connectivity index (χ1) is 7.70. The van der Waals surface area contributed by atoms with E-state index < -0.39 is 0 Å². The molecule has 1 aliphatic rings. The van der Waals surface area contributed by atoms with Crippen LogP contribution in [0.5, 0.6) is 0 Å². The number of amides is 1. The van der Waals surface area contributed by atoms with Gasteiger partial charge in [0, 0.05) is 16.4 Å². The van der Waals surface area contributed by atoms with Crippen LogP contribution in [0.3, 0.4) is 0 Å². The Morgan fingerprint density at radius 2 is 2.19 bits per heavy atom. The van der Waals surface area contributed by atoms with Crippen molar-refractivity contribution < 1.29 is 14.3 Å². The molecule has 86 valence electrons. The van der Waals surface area contributed by atoms with Crippen molar-refractivity contribution >= 4 is 34.4 Å². The van der Waals surface area contributed by atoms with Crippen molar-refractivity contribution in [3.8, 4) is 0 Å². The summed E-state index contributed by atoms with van der Waals surface area (Å²) < 4.78 is 11.3. The van der Waals surface area contributed by atoms with Crippen LogP contribution in [0.1, 0.15) is 0 Å². The van der Waals surface area contributed by atoms with Crippen molar-refractivity contribution in [3.63, 3.8) is 0 Å². The molecule has 5 heteroatoms. The van der Waals surface area contributed by atoms with Gasteiger partial charge in [-0.15, -0.1) is 0 Å². The maximum atomic E-state index is 11.6. The quantitative estimate of drug-likeness (QED) is 0.797. The van der Waals surface area contributed by atoms with E-state index in [-0.39, 0.29) is 12.2 Å². The zero-order valence-corrected chi connectivity index (χ0v) is 11.0. The van der Waals surface area contributed by atoms with E-state index in [1.54, 1.807) is 12.0 Å². The van der Waals surface area contributed by atoms with E-state index in [4.69, 9.17) is 9.47 Å². The lowest BCUT2D eigenvalue weighted by molar-refractivity contribution is 0.0718. The first kappa shape index (κ1) is 11.7. The zero-order valence-electron chi connectivity index (χ0n) is 8.85. The number of carbonyl (C=O) groups is 1. The summed E-state index contributed by atoms with van der Waals surface area (Å²) in [6, 6.07) is 7.76. The topological polar surface area (TPSA) is 38.8 Å². The smallest absolute Gasteiger partial charge is 0.414 e. The Bertz CT molecular complexity index is 379. The first-order valence-electron chi connectivity index (χ1n) is 4.93. The number of nitrogens with zero attached hydrogens (tertiary/aromatic N) is 1. The number of hydrogen-bond donors (Lipinski definition) is 0. The van der Waals surface area contributed by atoms with Gasteiger partial charge in [0.05, 0.1) is 13.2 Å². The molecule has 1 aliphatic heterocycles. The summed E-state index contributed by atoms with van der Waals surface area (Å²) in [5, 5.41) is 0. The van der Waals surface area contributed by atoms with Gasteiger partial charge in [0.2, 0.25) is 0 Å². The number of carbonyl (C=O) groups excluding carboxylic acids is 1. The van der Waals surface area contributed by atoms with E-state index >= 15 is 0 Å². The average Bonchev–Trinajstić information content (AvgIpc) is 2.61. The van der Waals surface area contributed by atoms with Crippen LogP contribution in [-0.2, 0) is 9.47 Å². The van der Waals surface area contributed by atoms with E-state index in [1.807, 2.05) is 24.3 Å². The van der Waals surface area contributed by atoms with Crippen LogP contribution in [0, 0.1) is 3.57 Å². The first-order valence-corrected chi connectivity index (χ1v) is 6.01. The predicted molar refractivity (Wildman–Crippen MR) is 68.7 cm³/mol. The molecule has 1 fully saturated rings. The molecular formula is C11H12INO3. The molecule has 4 nitrogen and oxygen atoms in total. The maximum absolute atomic E-state index is 11.6. The zero-order chi connectivity index (χ0) is 11.5. The molecule has 1 amide bonds. The summed E-state index contributed by atoms with van der Waals surface area (Å²) in [7, 11) is 1.60. The van der Waals surface area contributed by atoms with Gasteiger partial charge in [0.25, 0.3) is 0 Å². The monoisotopic (exact) mass is 333 g/mol. The molecule has 1 aromatic rings. The number of anilines is 1. The van der Waals surface area contributed by atoms with Crippen molar-refractivity contribution in [2.24, 2.45) is 0 Å². The Kier molecular flexibility index (Phi) is 3.65. The van der Waals surface area contributed by atoms with E-state index in [2.05, 4.69) is 22.6 Å². The average molecular weight is 333 g/mol. The molecule has 0 saturated carbocycles. The number of methoxy groups -OCH3 is 1. The lowest BCUT2D eigenvalue weighted by atomic mass is 10.3. The van der Waals surface area contributed by atoms with Crippen molar-refractivity contribution in [1.29, 1.82) is 0 Å².